The first kappa shape index (κ1) is 26.6. The van der Waals surface area contributed by atoms with E-state index in [0.717, 1.165) is 38.5 Å². The molecule has 0 radical (unpaired) electrons. The molecule has 3 nitrogen and oxygen atoms in total. The Morgan fingerprint density at radius 2 is 1.35 bits per heavy atom. The Hall–Kier alpha value is -1.61. The molecule has 26 heavy (non-hydrogen) atoms. The van der Waals surface area contributed by atoms with Gasteiger partial charge in [0.05, 0.1) is 6.61 Å². The summed E-state index contributed by atoms with van der Waals surface area (Å²) in [5.41, 5.74) is 5.01. The third-order valence-corrected chi connectivity index (χ3v) is 3.75. The minimum atomic E-state index is -0.138. The van der Waals surface area contributed by atoms with E-state index >= 15 is 0 Å². The first-order valence-electron chi connectivity index (χ1n) is 9.59. The quantitative estimate of drug-likeness (QED) is 0.326. The normalized spacial score (nSPS) is 11.5. The summed E-state index contributed by atoms with van der Waals surface area (Å²) < 4.78 is 4.96. The van der Waals surface area contributed by atoms with Crippen LogP contribution in [0.4, 0.5) is 0 Å². The van der Waals surface area contributed by atoms with E-state index in [1.54, 1.807) is 6.92 Å². The lowest BCUT2D eigenvalue weighted by atomic mass is 10.1. The van der Waals surface area contributed by atoms with Crippen LogP contribution in [0, 0.1) is 0 Å². The Labute approximate surface area is 161 Å². The van der Waals surface area contributed by atoms with Crippen LogP contribution in [-0.2, 0) is 9.53 Å². The van der Waals surface area contributed by atoms with Crippen molar-refractivity contribution in [3.63, 3.8) is 0 Å². The fraction of sp³-hybridized carbons (Fsp3) is 0.609. The molecule has 150 valence electrons. The summed E-state index contributed by atoms with van der Waals surface area (Å²) in [5.74, 6) is -0.138. The van der Waals surface area contributed by atoms with Gasteiger partial charge in [0.2, 0.25) is 0 Å². The smallest absolute Gasteiger partial charge is 0.305 e. The maximum atomic E-state index is 10.8. The van der Waals surface area contributed by atoms with Crippen molar-refractivity contribution >= 4 is 5.97 Å². The van der Waals surface area contributed by atoms with Crippen molar-refractivity contribution in [2.24, 2.45) is 0 Å². The molecule has 1 N–H and O–H groups in total. The highest BCUT2D eigenvalue weighted by molar-refractivity contribution is 5.68. The third-order valence-electron chi connectivity index (χ3n) is 3.75. The number of esters is 1. The van der Waals surface area contributed by atoms with E-state index in [9.17, 15) is 4.79 Å². The highest BCUT2D eigenvalue weighted by Gasteiger charge is 1.96. The molecular formula is C23H40O3. The van der Waals surface area contributed by atoms with Crippen LogP contribution >= 0.6 is 0 Å². The molecule has 0 aliphatic carbocycles. The molecule has 3 heteroatoms. The van der Waals surface area contributed by atoms with E-state index in [4.69, 9.17) is 9.84 Å². The summed E-state index contributed by atoms with van der Waals surface area (Å²) in [6.07, 6.45) is 10.9. The number of hydrogen-bond donors (Lipinski definition) is 1. The maximum absolute atomic E-state index is 10.8. The van der Waals surface area contributed by atoms with Gasteiger partial charge in [0.25, 0.3) is 0 Å². The second kappa shape index (κ2) is 18.2. The van der Waals surface area contributed by atoms with Crippen molar-refractivity contribution < 1.29 is 14.6 Å². The molecule has 0 saturated carbocycles. The lowest BCUT2D eigenvalue weighted by Crippen LogP contribution is -2.02. The number of aliphatic hydroxyl groups excluding tert-OH is 1. The van der Waals surface area contributed by atoms with Crippen molar-refractivity contribution in [3.05, 3.63) is 47.6 Å². The molecule has 0 amide bonds. The van der Waals surface area contributed by atoms with Crippen LogP contribution in [0.5, 0.6) is 0 Å². The lowest BCUT2D eigenvalue weighted by Gasteiger charge is -2.02. The van der Waals surface area contributed by atoms with E-state index in [1.165, 1.54) is 22.3 Å². The number of carbonyl (C=O) groups excluding carboxylic acids is 1. The van der Waals surface area contributed by atoms with Gasteiger partial charge in [0.1, 0.15) is 6.61 Å². The molecule has 0 spiro atoms. The fourth-order valence-corrected chi connectivity index (χ4v) is 2.08. The van der Waals surface area contributed by atoms with Crippen LogP contribution in [-0.4, -0.2) is 24.3 Å². The van der Waals surface area contributed by atoms with Gasteiger partial charge in [-0.3, -0.25) is 4.79 Å². The molecule has 0 aliphatic rings. The molecule has 0 atom stereocenters. The maximum Gasteiger partial charge on any atom is 0.305 e. The van der Waals surface area contributed by atoms with Crippen molar-refractivity contribution in [2.75, 3.05) is 13.2 Å². The minimum Gasteiger partial charge on any atom is -0.461 e. The first-order chi connectivity index (χ1) is 12.2. The summed E-state index contributed by atoms with van der Waals surface area (Å²) in [6.45, 7) is 18.3. The molecule has 0 bridgehead atoms. The van der Waals surface area contributed by atoms with Gasteiger partial charge in [-0.2, -0.15) is 0 Å². The number of hydrogen-bond acceptors (Lipinski definition) is 3. The molecule has 0 unspecified atom stereocenters. The monoisotopic (exact) mass is 364 g/mol. The zero-order valence-corrected chi connectivity index (χ0v) is 17.7. The van der Waals surface area contributed by atoms with Crippen LogP contribution < -0.4 is 0 Å². The highest BCUT2D eigenvalue weighted by Crippen LogP contribution is 2.10. The highest BCUT2D eigenvalue weighted by atomic mass is 16.5. The lowest BCUT2D eigenvalue weighted by molar-refractivity contribution is -0.141. The van der Waals surface area contributed by atoms with Crippen LogP contribution in [0.1, 0.15) is 79.6 Å². The Kier molecular flexibility index (Phi) is 18.6. The predicted octanol–water partition coefficient (Wildman–Crippen LogP) is 6.30. The molecule has 0 aromatic carbocycles. The van der Waals surface area contributed by atoms with E-state index in [-0.39, 0.29) is 12.6 Å². The zero-order chi connectivity index (χ0) is 20.4. The van der Waals surface area contributed by atoms with Crippen molar-refractivity contribution in [1.29, 1.82) is 0 Å². The SMILES string of the molecule is C=C(C)CCC/C(C)=C/CO.C=C(C)CCC/C(C)=C\COC(=O)CC. The topological polar surface area (TPSA) is 46.5 Å². The van der Waals surface area contributed by atoms with Gasteiger partial charge in [0.15, 0.2) is 0 Å². The average molecular weight is 365 g/mol. The average Bonchev–Trinajstić information content (AvgIpc) is 2.54. The molecule has 0 aliphatic heterocycles. The van der Waals surface area contributed by atoms with E-state index in [2.05, 4.69) is 27.0 Å². The van der Waals surface area contributed by atoms with Gasteiger partial charge in [-0.25, -0.2) is 0 Å². The molecule has 0 heterocycles. The summed E-state index contributed by atoms with van der Waals surface area (Å²) in [7, 11) is 0. The Bertz CT molecular complexity index is 470. The minimum absolute atomic E-state index is 0.138. The Morgan fingerprint density at radius 1 is 0.885 bits per heavy atom. The van der Waals surface area contributed by atoms with Crippen LogP contribution in [0.2, 0.25) is 0 Å². The largest absolute Gasteiger partial charge is 0.461 e. The standard InChI is InChI=1S/C13H22O2.C10H18O/c1-5-13(14)15-10-9-12(4)8-6-7-11(2)3;1-9(2)5-4-6-10(3)7-8-11/h9H,2,5-8,10H2,1,3-4H3;7,11H,1,4-6,8H2,2-3H3/b12-9-;10-7+. The van der Waals surface area contributed by atoms with Crippen LogP contribution in [0.25, 0.3) is 0 Å². The second-order valence-corrected chi connectivity index (χ2v) is 6.94. The molecule has 0 saturated heterocycles. The van der Waals surface area contributed by atoms with Gasteiger partial charge in [-0.15, -0.1) is 13.2 Å². The zero-order valence-electron chi connectivity index (χ0n) is 17.7. The van der Waals surface area contributed by atoms with Gasteiger partial charge in [0, 0.05) is 6.42 Å². The van der Waals surface area contributed by atoms with Crippen LogP contribution in [0.15, 0.2) is 47.6 Å². The number of aliphatic hydroxyl groups is 1. The molecule has 0 rings (SSSR count). The molecule has 0 aromatic rings. The summed E-state index contributed by atoms with van der Waals surface area (Å²) in [5, 5.41) is 8.55. The summed E-state index contributed by atoms with van der Waals surface area (Å²) in [6, 6.07) is 0. The summed E-state index contributed by atoms with van der Waals surface area (Å²) in [4.78, 5) is 10.8. The molecule has 0 aromatic heterocycles. The van der Waals surface area contributed by atoms with Crippen molar-refractivity contribution in [3.8, 4) is 0 Å². The van der Waals surface area contributed by atoms with E-state index in [1.807, 2.05) is 26.0 Å². The van der Waals surface area contributed by atoms with Gasteiger partial charge in [-0.05, 0) is 72.3 Å². The number of rotatable bonds is 12. The Balaban J connectivity index is 0. The summed E-state index contributed by atoms with van der Waals surface area (Å²) >= 11 is 0. The molecular weight excluding hydrogens is 324 g/mol. The number of ether oxygens (including phenoxy) is 1. The predicted molar refractivity (Wildman–Crippen MR) is 113 cm³/mol. The Morgan fingerprint density at radius 3 is 1.73 bits per heavy atom. The van der Waals surface area contributed by atoms with Crippen molar-refractivity contribution in [2.45, 2.75) is 79.6 Å². The number of allylic oxidation sites excluding steroid dienone is 4. The first-order valence-corrected chi connectivity index (χ1v) is 9.59. The second-order valence-electron chi connectivity index (χ2n) is 6.94. The van der Waals surface area contributed by atoms with Gasteiger partial charge in [-0.1, -0.05) is 35.3 Å². The van der Waals surface area contributed by atoms with E-state index < -0.39 is 0 Å². The van der Waals surface area contributed by atoms with E-state index in [0.29, 0.717) is 13.0 Å². The molecule has 0 fully saturated rings. The van der Waals surface area contributed by atoms with Gasteiger partial charge < -0.3 is 9.84 Å². The fourth-order valence-electron chi connectivity index (χ4n) is 2.08. The number of carbonyl (C=O) groups is 1. The van der Waals surface area contributed by atoms with Crippen LogP contribution in [0.3, 0.4) is 0 Å². The van der Waals surface area contributed by atoms with Crippen molar-refractivity contribution in [1.82, 2.24) is 0 Å². The third kappa shape index (κ3) is 22.4. The van der Waals surface area contributed by atoms with Gasteiger partial charge >= 0.3 is 5.97 Å².